The molecule has 5 rings (SSSR count). The topological polar surface area (TPSA) is 130 Å². The number of rotatable bonds is 6. The van der Waals surface area contributed by atoms with Crippen molar-refractivity contribution in [3.8, 4) is 5.75 Å². The second-order valence-electron chi connectivity index (χ2n) is 9.30. The summed E-state index contributed by atoms with van der Waals surface area (Å²) in [5.41, 5.74) is -2.20. The first kappa shape index (κ1) is 26.5. The van der Waals surface area contributed by atoms with Crippen LogP contribution in [0.4, 0.5) is 8.78 Å². The number of nitrogens with zero attached hydrogens (tertiary/aromatic N) is 4. The van der Waals surface area contributed by atoms with Crippen LogP contribution in [-0.4, -0.2) is 70.1 Å². The zero-order valence-corrected chi connectivity index (χ0v) is 21.4. The van der Waals surface area contributed by atoms with E-state index in [1.54, 1.807) is 18.2 Å². The van der Waals surface area contributed by atoms with Crippen LogP contribution in [0.3, 0.4) is 0 Å². The molecule has 1 fully saturated rings. The van der Waals surface area contributed by atoms with Gasteiger partial charge in [-0.2, -0.15) is 4.98 Å². The second-order valence-corrected chi connectivity index (χ2v) is 11.4. The van der Waals surface area contributed by atoms with Crippen LogP contribution >= 0.6 is 0 Å². The van der Waals surface area contributed by atoms with Crippen LogP contribution < -0.4 is 5.56 Å². The van der Waals surface area contributed by atoms with E-state index in [0.717, 1.165) is 18.2 Å². The number of fused-ring (bicyclic) bond motifs is 1. The SMILES string of the molecule is O=C1c2c(O)c(=O)nc(C3CCCN3C(=O)c3c(F)cccc3F)n2CCN1CCS(=O)(=O)c1ccccc1. The quantitative estimate of drug-likeness (QED) is 0.491. The van der Waals surface area contributed by atoms with Crippen molar-refractivity contribution in [3.63, 3.8) is 0 Å². The number of sulfone groups is 1. The highest BCUT2D eigenvalue weighted by molar-refractivity contribution is 7.91. The third-order valence-corrected chi connectivity index (χ3v) is 8.70. The fourth-order valence-corrected chi connectivity index (χ4v) is 6.31. The number of benzene rings is 2. The van der Waals surface area contributed by atoms with Crippen LogP contribution in [-0.2, 0) is 16.4 Å². The van der Waals surface area contributed by atoms with Gasteiger partial charge in [0.05, 0.1) is 16.7 Å². The van der Waals surface area contributed by atoms with Gasteiger partial charge in [0.2, 0.25) is 5.75 Å². The Kier molecular flexibility index (Phi) is 6.93. The molecule has 0 bridgehead atoms. The Morgan fingerprint density at radius 1 is 1.00 bits per heavy atom. The van der Waals surface area contributed by atoms with Crippen molar-refractivity contribution >= 4 is 21.7 Å². The molecule has 13 heteroatoms. The summed E-state index contributed by atoms with van der Waals surface area (Å²) in [5.74, 6) is -4.99. The molecule has 2 amide bonds. The van der Waals surface area contributed by atoms with Crippen LogP contribution in [0, 0.1) is 11.6 Å². The van der Waals surface area contributed by atoms with Gasteiger partial charge in [0, 0.05) is 26.2 Å². The van der Waals surface area contributed by atoms with E-state index in [0.29, 0.717) is 12.8 Å². The predicted octanol–water partition coefficient (Wildman–Crippen LogP) is 2.13. The van der Waals surface area contributed by atoms with Gasteiger partial charge in [0.1, 0.15) is 23.0 Å². The number of carbonyl (C=O) groups excluding carboxylic acids is 2. The lowest BCUT2D eigenvalue weighted by Gasteiger charge is -2.33. The third-order valence-electron chi connectivity index (χ3n) is 6.99. The highest BCUT2D eigenvalue weighted by atomic mass is 32.2. The summed E-state index contributed by atoms with van der Waals surface area (Å²) in [7, 11) is -3.69. The largest absolute Gasteiger partial charge is 0.501 e. The molecule has 0 radical (unpaired) electrons. The summed E-state index contributed by atoms with van der Waals surface area (Å²) < 4.78 is 55.4. The molecule has 39 heavy (non-hydrogen) atoms. The molecule has 1 unspecified atom stereocenters. The number of amides is 2. The summed E-state index contributed by atoms with van der Waals surface area (Å²) in [5, 5.41) is 10.5. The maximum atomic E-state index is 14.3. The Labute approximate surface area is 222 Å². The van der Waals surface area contributed by atoms with Crippen molar-refractivity contribution in [1.29, 1.82) is 0 Å². The first-order valence-corrected chi connectivity index (χ1v) is 13.9. The minimum absolute atomic E-state index is 0.0142. The third kappa shape index (κ3) is 4.78. The van der Waals surface area contributed by atoms with E-state index >= 15 is 0 Å². The first-order chi connectivity index (χ1) is 18.6. The number of aromatic hydroxyl groups is 1. The lowest BCUT2D eigenvalue weighted by Crippen LogP contribution is -2.46. The second kappa shape index (κ2) is 10.2. The zero-order valence-electron chi connectivity index (χ0n) is 20.6. The van der Waals surface area contributed by atoms with E-state index in [2.05, 4.69) is 4.98 Å². The maximum absolute atomic E-state index is 14.3. The first-order valence-electron chi connectivity index (χ1n) is 12.3. The molecule has 0 saturated carbocycles. The van der Waals surface area contributed by atoms with Gasteiger partial charge < -0.3 is 19.5 Å². The summed E-state index contributed by atoms with van der Waals surface area (Å²) in [4.78, 5) is 45.6. The van der Waals surface area contributed by atoms with Crippen molar-refractivity contribution in [2.45, 2.75) is 30.3 Å². The van der Waals surface area contributed by atoms with Crippen molar-refractivity contribution in [3.05, 3.63) is 87.6 Å². The van der Waals surface area contributed by atoms with E-state index in [4.69, 9.17) is 0 Å². The summed E-state index contributed by atoms with van der Waals surface area (Å²) >= 11 is 0. The van der Waals surface area contributed by atoms with Crippen molar-refractivity contribution in [2.75, 3.05) is 25.4 Å². The standard InChI is InChI=1S/C26H24F2N4O6S/c27-17-8-4-9-18(28)20(17)25(35)31-11-5-10-19(31)23-29-24(34)22(33)21-26(36)30(12-13-32(21)23)14-15-39(37,38)16-6-2-1-3-7-16/h1-4,6-9,19,33H,5,10-15H2. The zero-order chi connectivity index (χ0) is 27.9. The minimum atomic E-state index is -3.69. The monoisotopic (exact) mass is 558 g/mol. The fraction of sp³-hybridized carbons (Fsp3) is 0.308. The number of hydrogen-bond acceptors (Lipinski definition) is 7. The Morgan fingerprint density at radius 2 is 1.69 bits per heavy atom. The molecule has 2 aliphatic rings. The molecular formula is C26H24F2N4O6S. The maximum Gasteiger partial charge on any atom is 0.315 e. The van der Waals surface area contributed by atoms with Crippen molar-refractivity contribution < 1.29 is 31.9 Å². The van der Waals surface area contributed by atoms with Gasteiger partial charge in [-0.05, 0) is 37.1 Å². The molecule has 2 aliphatic heterocycles. The van der Waals surface area contributed by atoms with Crippen LogP contribution in [0.15, 0.2) is 58.2 Å². The molecule has 1 atom stereocenters. The number of aromatic nitrogens is 2. The highest BCUT2D eigenvalue weighted by Crippen LogP contribution is 2.35. The van der Waals surface area contributed by atoms with Crippen LogP contribution in [0.2, 0.25) is 0 Å². The average Bonchev–Trinajstić information content (AvgIpc) is 3.40. The number of carbonyl (C=O) groups is 2. The van der Waals surface area contributed by atoms with E-state index in [1.165, 1.54) is 26.5 Å². The predicted molar refractivity (Wildman–Crippen MR) is 134 cm³/mol. The Morgan fingerprint density at radius 3 is 2.38 bits per heavy atom. The Balaban J connectivity index is 1.45. The molecule has 3 aromatic rings. The van der Waals surface area contributed by atoms with Gasteiger partial charge in [0.25, 0.3) is 11.8 Å². The molecule has 1 aromatic heterocycles. The molecule has 0 aliphatic carbocycles. The smallest absolute Gasteiger partial charge is 0.315 e. The lowest BCUT2D eigenvalue weighted by atomic mass is 10.1. The fourth-order valence-electron chi connectivity index (χ4n) is 5.04. The molecular weight excluding hydrogens is 534 g/mol. The Bertz CT molecular complexity index is 1610. The molecule has 2 aromatic carbocycles. The van der Waals surface area contributed by atoms with E-state index < -0.39 is 56.2 Å². The number of hydrogen-bond donors (Lipinski definition) is 1. The van der Waals surface area contributed by atoms with Gasteiger partial charge in [-0.25, -0.2) is 17.2 Å². The van der Waals surface area contributed by atoms with E-state index in [1.807, 2.05) is 0 Å². The molecule has 1 N–H and O–H groups in total. The molecule has 10 nitrogen and oxygen atoms in total. The average molecular weight is 559 g/mol. The van der Waals surface area contributed by atoms with E-state index in [9.17, 15) is 36.7 Å². The summed E-state index contributed by atoms with van der Waals surface area (Å²) in [6.07, 6.45) is 0.766. The molecule has 1 saturated heterocycles. The normalized spacial score (nSPS) is 17.4. The van der Waals surface area contributed by atoms with Gasteiger partial charge in [-0.3, -0.25) is 14.4 Å². The summed E-state index contributed by atoms with van der Waals surface area (Å²) in [6.45, 7) is 0.0632. The van der Waals surface area contributed by atoms with Crippen molar-refractivity contribution in [2.24, 2.45) is 0 Å². The minimum Gasteiger partial charge on any atom is -0.501 e. The van der Waals surface area contributed by atoms with E-state index in [-0.39, 0.29) is 48.3 Å². The van der Waals surface area contributed by atoms with Gasteiger partial charge in [-0.1, -0.05) is 24.3 Å². The summed E-state index contributed by atoms with van der Waals surface area (Å²) in [6, 6.07) is 9.97. The van der Waals surface area contributed by atoms with Crippen LogP contribution in [0.5, 0.6) is 5.75 Å². The number of halogens is 2. The van der Waals surface area contributed by atoms with Gasteiger partial charge >= 0.3 is 5.56 Å². The highest BCUT2D eigenvalue weighted by Gasteiger charge is 2.39. The Hall–Kier alpha value is -4.13. The van der Waals surface area contributed by atoms with Crippen LogP contribution in [0.1, 0.15) is 45.6 Å². The van der Waals surface area contributed by atoms with Crippen LogP contribution in [0.25, 0.3) is 0 Å². The number of likely N-dealkylation sites (tertiary alicyclic amines) is 1. The van der Waals surface area contributed by atoms with Gasteiger partial charge in [0.15, 0.2) is 15.5 Å². The lowest BCUT2D eigenvalue weighted by molar-refractivity contribution is 0.0686. The van der Waals surface area contributed by atoms with Crippen molar-refractivity contribution in [1.82, 2.24) is 19.4 Å². The molecule has 0 spiro atoms. The molecule has 204 valence electrons. The van der Waals surface area contributed by atoms with Gasteiger partial charge in [-0.15, -0.1) is 0 Å². The molecule has 3 heterocycles.